The van der Waals surface area contributed by atoms with Crippen molar-refractivity contribution >= 4 is 28.8 Å². The van der Waals surface area contributed by atoms with Crippen LogP contribution in [0, 0.1) is 5.53 Å². The smallest absolute Gasteiger partial charge is 0.229 e. The van der Waals surface area contributed by atoms with E-state index in [1.54, 1.807) is 4.90 Å². The number of allylic oxidation sites excluding steroid dienone is 1. The van der Waals surface area contributed by atoms with Gasteiger partial charge in [0.25, 0.3) is 0 Å². The maximum Gasteiger partial charge on any atom is 0.229 e. The van der Waals surface area contributed by atoms with Crippen LogP contribution in [0.4, 0.5) is 5.69 Å². The monoisotopic (exact) mass is 581 g/mol. The fourth-order valence-corrected chi connectivity index (χ4v) is 4.50. The van der Waals surface area contributed by atoms with Crippen molar-refractivity contribution < 1.29 is 28.5 Å². The molecule has 1 aliphatic rings. The van der Waals surface area contributed by atoms with Gasteiger partial charge in [-0.25, -0.2) is 5.53 Å². The highest BCUT2D eigenvalue weighted by Crippen LogP contribution is 2.38. The average molecular weight is 582 g/mol. The molecule has 2 amide bonds. The van der Waals surface area contributed by atoms with Gasteiger partial charge < -0.3 is 34.5 Å². The summed E-state index contributed by atoms with van der Waals surface area (Å²) in [5, 5.41) is 9.66. The van der Waals surface area contributed by atoms with E-state index >= 15 is 0 Å². The molecule has 1 aliphatic heterocycles. The molecule has 0 spiro atoms. The molecule has 2 aromatic carbocycles. The molecule has 228 valence electrons. The predicted molar refractivity (Wildman–Crippen MR) is 161 cm³/mol. The Morgan fingerprint density at radius 3 is 2.07 bits per heavy atom. The second kappa shape index (κ2) is 18.9. The topological polar surface area (TPSA) is 135 Å². The third-order valence-electron chi connectivity index (χ3n) is 6.71. The second-order valence-corrected chi connectivity index (χ2v) is 9.64. The van der Waals surface area contributed by atoms with Crippen molar-refractivity contribution in [2.24, 2.45) is 5.11 Å². The van der Waals surface area contributed by atoms with Crippen LogP contribution in [0.1, 0.15) is 36.5 Å². The van der Waals surface area contributed by atoms with Gasteiger partial charge in [-0.05, 0) is 31.2 Å². The van der Waals surface area contributed by atoms with Crippen LogP contribution in [-0.2, 0) is 35.1 Å². The van der Waals surface area contributed by atoms with Crippen molar-refractivity contribution in [2.75, 3.05) is 77.9 Å². The summed E-state index contributed by atoms with van der Waals surface area (Å²) in [6.45, 7) is 7.11. The van der Waals surface area contributed by atoms with Crippen molar-refractivity contribution in [3.63, 3.8) is 0 Å². The third kappa shape index (κ3) is 10.4. The van der Waals surface area contributed by atoms with Gasteiger partial charge in [0.15, 0.2) is 0 Å². The SMILES string of the molecule is CNCCOCCOCCOCCOCCC(=O)NCCC(=O)N1Cc2ccccc2/C(N=N)=C(/C)c2ccccc21. The van der Waals surface area contributed by atoms with Gasteiger partial charge in [0.05, 0.1) is 70.8 Å². The molecule has 0 aromatic heterocycles. The lowest BCUT2D eigenvalue weighted by Crippen LogP contribution is -2.35. The van der Waals surface area contributed by atoms with Gasteiger partial charge in [-0.3, -0.25) is 9.59 Å². The zero-order valence-electron chi connectivity index (χ0n) is 24.7. The summed E-state index contributed by atoms with van der Waals surface area (Å²) < 4.78 is 21.7. The molecule has 11 heteroatoms. The van der Waals surface area contributed by atoms with Gasteiger partial charge in [-0.1, -0.05) is 42.5 Å². The molecule has 1 heterocycles. The number of carbonyl (C=O) groups is 2. The first kappa shape index (κ1) is 33.0. The zero-order chi connectivity index (χ0) is 30.0. The number of para-hydroxylation sites is 1. The van der Waals surface area contributed by atoms with Crippen molar-refractivity contribution in [3.8, 4) is 0 Å². The van der Waals surface area contributed by atoms with Crippen molar-refractivity contribution in [3.05, 3.63) is 65.2 Å². The summed E-state index contributed by atoms with van der Waals surface area (Å²) in [4.78, 5) is 27.4. The number of benzene rings is 2. The predicted octanol–water partition coefficient (Wildman–Crippen LogP) is 3.63. The molecular formula is C31H43N5O6. The Labute approximate surface area is 248 Å². The fraction of sp³-hybridized carbons (Fsp3) is 0.484. The van der Waals surface area contributed by atoms with E-state index in [9.17, 15) is 9.59 Å². The number of hydrogen-bond donors (Lipinski definition) is 3. The Kier molecular flexibility index (Phi) is 14.8. The van der Waals surface area contributed by atoms with Crippen molar-refractivity contribution in [1.29, 1.82) is 5.53 Å². The van der Waals surface area contributed by atoms with Crippen LogP contribution < -0.4 is 15.5 Å². The average Bonchev–Trinajstić information content (AvgIpc) is 3.00. The van der Waals surface area contributed by atoms with E-state index in [1.165, 1.54) is 0 Å². The first-order valence-corrected chi connectivity index (χ1v) is 14.4. The molecule has 0 aliphatic carbocycles. The number of anilines is 1. The van der Waals surface area contributed by atoms with Gasteiger partial charge in [0, 0.05) is 37.1 Å². The molecule has 0 unspecified atom stereocenters. The quantitative estimate of drug-likeness (QED) is 0.170. The van der Waals surface area contributed by atoms with E-state index in [4.69, 9.17) is 24.5 Å². The van der Waals surface area contributed by atoms with E-state index in [-0.39, 0.29) is 37.8 Å². The van der Waals surface area contributed by atoms with Crippen LogP contribution in [0.3, 0.4) is 0 Å². The number of nitrogens with one attached hydrogen (secondary N) is 3. The molecule has 0 bridgehead atoms. The zero-order valence-corrected chi connectivity index (χ0v) is 24.7. The van der Waals surface area contributed by atoms with Crippen molar-refractivity contribution in [2.45, 2.75) is 26.3 Å². The Hall–Kier alpha value is -3.48. The van der Waals surface area contributed by atoms with Crippen LogP contribution in [0.5, 0.6) is 0 Å². The molecule has 11 nitrogen and oxygen atoms in total. The van der Waals surface area contributed by atoms with Crippen LogP contribution in [-0.4, -0.2) is 84.8 Å². The number of likely N-dealkylation sites (N-methyl/N-ethyl adjacent to an activating group) is 1. The number of nitrogens with zero attached hydrogens (tertiary/aromatic N) is 2. The van der Waals surface area contributed by atoms with Crippen LogP contribution in [0.15, 0.2) is 53.6 Å². The largest absolute Gasteiger partial charge is 0.379 e. The summed E-state index contributed by atoms with van der Waals surface area (Å²) in [6, 6.07) is 15.3. The minimum atomic E-state index is -0.173. The van der Waals surface area contributed by atoms with Gasteiger partial charge in [-0.15, -0.1) is 0 Å². The fourth-order valence-electron chi connectivity index (χ4n) is 4.50. The van der Waals surface area contributed by atoms with E-state index in [1.807, 2.05) is 62.5 Å². The first-order valence-electron chi connectivity index (χ1n) is 14.4. The maximum absolute atomic E-state index is 13.4. The third-order valence-corrected chi connectivity index (χ3v) is 6.71. The van der Waals surface area contributed by atoms with E-state index in [0.29, 0.717) is 58.5 Å². The summed E-state index contributed by atoms with van der Waals surface area (Å²) in [5.41, 5.74) is 12.6. The first-order chi connectivity index (χ1) is 20.6. The molecule has 3 N–H and O–H groups in total. The summed E-state index contributed by atoms with van der Waals surface area (Å²) in [7, 11) is 1.88. The molecule has 0 saturated carbocycles. The van der Waals surface area contributed by atoms with Crippen LogP contribution in [0.25, 0.3) is 11.3 Å². The van der Waals surface area contributed by atoms with Crippen molar-refractivity contribution in [1.82, 2.24) is 10.6 Å². The molecule has 0 atom stereocenters. The highest BCUT2D eigenvalue weighted by Gasteiger charge is 2.25. The van der Waals surface area contributed by atoms with Gasteiger partial charge in [0.2, 0.25) is 11.8 Å². The van der Waals surface area contributed by atoms with E-state index in [0.717, 1.165) is 34.5 Å². The lowest BCUT2D eigenvalue weighted by molar-refractivity contribution is -0.122. The van der Waals surface area contributed by atoms with E-state index in [2.05, 4.69) is 15.7 Å². The molecule has 2 aromatic rings. The normalized spacial score (nSPS) is 14.5. The molecular weight excluding hydrogens is 538 g/mol. The Balaban J connectivity index is 1.36. The molecule has 0 saturated heterocycles. The Morgan fingerprint density at radius 1 is 0.810 bits per heavy atom. The number of ether oxygens (including phenoxy) is 4. The second-order valence-electron chi connectivity index (χ2n) is 9.64. The standard InChI is InChI=1S/C31H43N5O6/c1-24-26-8-5-6-10-28(26)36(23-25-7-3-4-9-27(25)31(24)35-32)30(38)11-13-34-29(37)12-15-39-17-19-41-21-22-42-20-18-40-16-14-33-2/h3-10,32-33H,11-23H2,1-2H3,(H,34,37)/b31-24+,35-32?. The van der Waals surface area contributed by atoms with Crippen LogP contribution in [0.2, 0.25) is 0 Å². The number of carbonyl (C=O) groups excluding carboxylic acids is 2. The summed E-state index contributed by atoms with van der Waals surface area (Å²) in [6.07, 6.45) is 0.355. The van der Waals surface area contributed by atoms with E-state index < -0.39 is 0 Å². The maximum atomic E-state index is 13.4. The summed E-state index contributed by atoms with van der Waals surface area (Å²) in [5.74, 6) is -0.275. The van der Waals surface area contributed by atoms with Gasteiger partial charge >= 0.3 is 0 Å². The number of hydrogen-bond acceptors (Lipinski definition) is 9. The number of amides is 2. The van der Waals surface area contributed by atoms with Gasteiger partial charge in [0.1, 0.15) is 0 Å². The Morgan fingerprint density at radius 2 is 1.40 bits per heavy atom. The molecule has 0 radical (unpaired) electrons. The molecule has 3 rings (SSSR count). The highest BCUT2D eigenvalue weighted by molar-refractivity contribution is 6.01. The number of rotatable bonds is 19. The summed E-state index contributed by atoms with van der Waals surface area (Å²) >= 11 is 0. The lowest BCUT2D eigenvalue weighted by atomic mass is 9.93. The Bertz CT molecular complexity index is 1190. The van der Waals surface area contributed by atoms with Gasteiger partial charge in [-0.2, -0.15) is 5.11 Å². The molecule has 0 fully saturated rings. The van der Waals surface area contributed by atoms with Crippen LogP contribution >= 0.6 is 0 Å². The minimum Gasteiger partial charge on any atom is -0.379 e. The lowest BCUT2D eigenvalue weighted by Gasteiger charge is -2.29. The minimum absolute atomic E-state index is 0.102. The molecule has 42 heavy (non-hydrogen) atoms. The number of fused-ring (bicyclic) bond motifs is 2. The highest BCUT2D eigenvalue weighted by atomic mass is 16.6.